The molecule has 27 heavy (non-hydrogen) atoms. The van der Waals surface area contributed by atoms with Gasteiger partial charge in [0.15, 0.2) is 11.5 Å². The monoisotopic (exact) mass is 373 g/mol. The lowest BCUT2D eigenvalue weighted by atomic mass is 9.73. The quantitative estimate of drug-likeness (QED) is 0.865. The topological polar surface area (TPSA) is 56.8 Å². The first kappa shape index (κ1) is 19.2. The second kappa shape index (κ2) is 7.96. The average Bonchev–Trinajstić information content (AvgIpc) is 2.70. The number of halogens is 1. The van der Waals surface area contributed by atoms with Crippen LogP contribution in [0.4, 0.5) is 10.1 Å². The molecule has 5 nitrogen and oxygen atoms in total. The van der Waals surface area contributed by atoms with Crippen LogP contribution in [0.25, 0.3) is 0 Å². The summed E-state index contributed by atoms with van der Waals surface area (Å²) in [6, 6.07) is 9.72. The number of nitrogens with one attached hydrogen (secondary N) is 1. The molecule has 3 rings (SSSR count). The summed E-state index contributed by atoms with van der Waals surface area (Å²) < 4.78 is 29.5. The highest BCUT2D eigenvalue weighted by atomic mass is 19.1. The number of aryl methyl sites for hydroxylation is 1. The standard InChI is InChI=1S/C21H24FNO4/c1-14-12-18(25-2)19(26-3)13-17(14)23-20(24)21(8-10-27-11-9-21)15-4-6-16(22)7-5-15/h4-7,12-13H,8-11H2,1-3H3,(H,23,24). The molecule has 0 radical (unpaired) electrons. The van der Waals surface area contributed by atoms with Crippen LogP contribution in [0.2, 0.25) is 0 Å². The summed E-state index contributed by atoms with van der Waals surface area (Å²) in [5.41, 5.74) is 1.56. The first-order chi connectivity index (χ1) is 13.0. The maximum Gasteiger partial charge on any atom is 0.235 e. The minimum atomic E-state index is -0.758. The molecule has 0 spiro atoms. The van der Waals surface area contributed by atoms with Crippen molar-refractivity contribution in [1.29, 1.82) is 0 Å². The molecule has 0 unspecified atom stereocenters. The number of methoxy groups -OCH3 is 2. The smallest absolute Gasteiger partial charge is 0.235 e. The largest absolute Gasteiger partial charge is 0.493 e. The Morgan fingerprint density at radius 1 is 1.07 bits per heavy atom. The van der Waals surface area contributed by atoms with Crippen LogP contribution in [0, 0.1) is 12.7 Å². The molecule has 1 aliphatic rings. The molecule has 0 aromatic heterocycles. The van der Waals surface area contributed by atoms with Crippen molar-refractivity contribution in [3.63, 3.8) is 0 Å². The van der Waals surface area contributed by atoms with E-state index in [4.69, 9.17) is 14.2 Å². The van der Waals surface area contributed by atoms with Crippen molar-refractivity contribution in [2.75, 3.05) is 32.8 Å². The summed E-state index contributed by atoms with van der Waals surface area (Å²) in [5.74, 6) is 0.693. The molecule has 1 amide bonds. The van der Waals surface area contributed by atoms with E-state index in [1.165, 1.54) is 12.1 Å². The Balaban J connectivity index is 1.95. The summed E-state index contributed by atoms with van der Waals surface area (Å²) in [6.07, 6.45) is 1.08. The Morgan fingerprint density at radius 2 is 1.67 bits per heavy atom. The number of carbonyl (C=O) groups excluding carboxylic acids is 1. The van der Waals surface area contributed by atoms with Gasteiger partial charge in [-0.05, 0) is 49.1 Å². The fourth-order valence-corrected chi connectivity index (χ4v) is 3.49. The van der Waals surface area contributed by atoms with Gasteiger partial charge in [-0.15, -0.1) is 0 Å². The van der Waals surface area contributed by atoms with Gasteiger partial charge in [-0.25, -0.2) is 4.39 Å². The molecule has 6 heteroatoms. The minimum absolute atomic E-state index is 0.132. The number of amides is 1. The van der Waals surface area contributed by atoms with E-state index in [1.54, 1.807) is 32.4 Å². The summed E-state index contributed by atoms with van der Waals surface area (Å²) in [5, 5.41) is 3.04. The molecule has 2 aromatic rings. The Morgan fingerprint density at radius 3 is 2.26 bits per heavy atom. The molecule has 144 valence electrons. The van der Waals surface area contributed by atoms with Gasteiger partial charge >= 0.3 is 0 Å². The van der Waals surface area contributed by atoms with Gasteiger partial charge in [0.2, 0.25) is 5.91 Å². The molecule has 1 fully saturated rings. The lowest BCUT2D eigenvalue weighted by molar-refractivity contribution is -0.125. The number of rotatable bonds is 5. The Hall–Kier alpha value is -2.60. The van der Waals surface area contributed by atoms with Crippen LogP contribution in [-0.4, -0.2) is 33.3 Å². The number of ether oxygens (including phenoxy) is 3. The molecule has 0 atom stereocenters. The minimum Gasteiger partial charge on any atom is -0.493 e. The van der Waals surface area contributed by atoms with E-state index >= 15 is 0 Å². The number of benzene rings is 2. The van der Waals surface area contributed by atoms with E-state index in [0.717, 1.165) is 11.1 Å². The van der Waals surface area contributed by atoms with E-state index in [2.05, 4.69) is 5.32 Å². The zero-order valence-electron chi connectivity index (χ0n) is 15.8. The molecule has 1 aliphatic heterocycles. The van der Waals surface area contributed by atoms with Crippen LogP contribution in [0.3, 0.4) is 0 Å². The summed E-state index contributed by atoms with van der Waals surface area (Å²) in [7, 11) is 3.12. The molecular weight excluding hydrogens is 349 g/mol. The third-order valence-electron chi connectivity index (χ3n) is 5.16. The number of anilines is 1. The van der Waals surface area contributed by atoms with Gasteiger partial charge in [0.05, 0.1) is 19.6 Å². The Labute approximate surface area is 158 Å². The van der Waals surface area contributed by atoms with Gasteiger partial charge < -0.3 is 19.5 Å². The van der Waals surface area contributed by atoms with Crippen molar-refractivity contribution in [2.45, 2.75) is 25.2 Å². The summed E-state index contributed by atoms with van der Waals surface area (Å²) >= 11 is 0. The predicted molar refractivity (Wildman–Crippen MR) is 101 cm³/mol. The van der Waals surface area contributed by atoms with Gasteiger partial charge in [0.25, 0.3) is 0 Å². The van der Waals surface area contributed by atoms with Crippen LogP contribution in [0.5, 0.6) is 11.5 Å². The van der Waals surface area contributed by atoms with Crippen molar-refractivity contribution in [3.05, 3.63) is 53.3 Å². The fourth-order valence-electron chi connectivity index (χ4n) is 3.49. The number of carbonyl (C=O) groups is 1. The summed E-state index contributed by atoms with van der Waals surface area (Å²) in [6.45, 7) is 2.86. The van der Waals surface area contributed by atoms with Crippen molar-refractivity contribution in [1.82, 2.24) is 0 Å². The van der Waals surface area contributed by atoms with Crippen LogP contribution in [0.1, 0.15) is 24.0 Å². The van der Waals surface area contributed by atoms with Crippen LogP contribution in [0.15, 0.2) is 36.4 Å². The maximum atomic E-state index is 13.4. The molecule has 0 aliphatic carbocycles. The zero-order valence-corrected chi connectivity index (χ0v) is 15.8. The molecule has 0 bridgehead atoms. The predicted octanol–water partition coefficient (Wildman–Crippen LogP) is 3.84. The van der Waals surface area contributed by atoms with E-state index in [-0.39, 0.29) is 11.7 Å². The summed E-state index contributed by atoms with van der Waals surface area (Å²) in [4.78, 5) is 13.3. The lowest BCUT2D eigenvalue weighted by Gasteiger charge is -2.36. The van der Waals surface area contributed by atoms with Crippen molar-refractivity contribution in [3.8, 4) is 11.5 Å². The van der Waals surface area contributed by atoms with E-state index in [9.17, 15) is 9.18 Å². The third kappa shape index (κ3) is 3.76. The lowest BCUT2D eigenvalue weighted by Crippen LogP contribution is -2.45. The van der Waals surface area contributed by atoms with E-state index in [1.807, 2.05) is 13.0 Å². The first-order valence-corrected chi connectivity index (χ1v) is 8.88. The molecule has 0 saturated carbocycles. The second-order valence-corrected chi connectivity index (χ2v) is 6.68. The Kier molecular flexibility index (Phi) is 5.65. The molecular formula is C21H24FNO4. The van der Waals surface area contributed by atoms with Crippen molar-refractivity contribution in [2.24, 2.45) is 0 Å². The van der Waals surface area contributed by atoms with Crippen LogP contribution >= 0.6 is 0 Å². The van der Waals surface area contributed by atoms with Crippen LogP contribution < -0.4 is 14.8 Å². The van der Waals surface area contributed by atoms with Gasteiger partial charge in [-0.2, -0.15) is 0 Å². The highest BCUT2D eigenvalue weighted by Gasteiger charge is 2.42. The highest BCUT2D eigenvalue weighted by Crippen LogP contribution is 2.38. The zero-order chi connectivity index (χ0) is 19.4. The normalized spacial score (nSPS) is 15.9. The van der Waals surface area contributed by atoms with Gasteiger partial charge in [0, 0.05) is 25.0 Å². The first-order valence-electron chi connectivity index (χ1n) is 8.88. The van der Waals surface area contributed by atoms with Gasteiger partial charge in [0.1, 0.15) is 5.82 Å². The molecule has 1 saturated heterocycles. The number of hydrogen-bond donors (Lipinski definition) is 1. The van der Waals surface area contributed by atoms with E-state index < -0.39 is 5.41 Å². The molecule has 2 aromatic carbocycles. The average molecular weight is 373 g/mol. The van der Waals surface area contributed by atoms with Crippen LogP contribution in [-0.2, 0) is 14.9 Å². The van der Waals surface area contributed by atoms with Crippen molar-refractivity contribution >= 4 is 11.6 Å². The third-order valence-corrected chi connectivity index (χ3v) is 5.16. The fraction of sp³-hybridized carbons (Fsp3) is 0.381. The molecule has 1 N–H and O–H groups in total. The SMILES string of the molecule is COc1cc(C)c(NC(=O)C2(c3ccc(F)cc3)CCOCC2)cc1OC. The van der Waals surface area contributed by atoms with Gasteiger partial charge in [-0.1, -0.05) is 12.1 Å². The molecule has 1 heterocycles. The maximum absolute atomic E-state index is 13.4. The second-order valence-electron chi connectivity index (χ2n) is 6.68. The van der Waals surface area contributed by atoms with Crippen molar-refractivity contribution < 1.29 is 23.4 Å². The Bertz CT molecular complexity index is 814. The number of hydrogen-bond acceptors (Lipinski definition) is 4. The van der Waals surface area contributed by atoms with Gasteiger partial charge in [-0.3, -0.25) is 4.79 Å². The highest BCUT2D eigenvalue weighted by molar-refractivity contribution is 6.00. The van der Waals surface area contributed by atoms with E-state index in [0.29, 0.717) is 43.2 Å².